The molecule has 1 aliphatic carbocycles. The number of hydrogen-bond donors (Lipinski definition) is 1. The van der Waals surface area contributed by atoms with Crippen LogP contribution in [0.1, 0.15) is 39.5 Å². The summed E-state index contributed by atoms with van der Waals surface area (Å²) < 4.78 is 5.58. The summed E-state index contributed by atoms with van der Waals surface area (Å²) in [5, 5.41) is 3.44. The molecule has 3 heteroatoms. The van der Waals surface area contributed by atoms with Crippen LogP contribution in [-0.4, -0.2) is 50.8 Å². The van der Waals surface area contributed by atoms with Gasteiger partial charge in [-0.25, -0.2) is 0 Å². The van der Waals surface area contributed by atoms with Crippen molar-refractivity contribution in [3.63, 3.8) is 0 Å². The summed E-state index contributed by atoms with van der Waals surface area (Å²) in [6, 6.07) is 0. The first kappa shape index (κ1) is 14.9. The molecule has 0 aromatic carbocycles. The highest BCUT2D eigenvalue weighted by molar-refractivity contribution is 4.80. The predicted octanol–water partition coefficient (Wildman–Crippen LogP) is 2.12. The lowest BCUT2D eigenvalue weighted by Crippen LogP contribution is -2.35. The summed E-state index contributed by atoms with van der Waals surface area (Å²) in [4.78, 5) is 2.44. The van der Waals surface area contributed by atoms with Crippen molar-refractivity contribution in [3.8, 4) is 0 Å². The van der Waals surface area contributed by atoms with Crippen LogP contribution in [0.2, 0.25) is 0 Å². The Morgan fingerprint density at radius 1 is 1.18 bits per heavy atom. The molecule has 0 spiro atoms. The van der Waals surface area contributed by atoms with Crippen LogP contribution in [0.25, 0.3) is 0 Å². The van der Waals surface area contributed by atoms with Gasteiger partial charge in [-0.05, 0) is 58.7 Å². The smallest absolute Gasteiger partial charge is 0.0580 e. The average Bonchev–Trinajstić information content (AvgIpc) is 2.27. The van der Waals surface area contributed by atoms with E-state index < -0.39 is 0 Å². The molecule has 3 nitrogen and oxygen atoms in total. The van der Waals surface area contributed by atoms with Crippen LogP contribution in [-0.2, 0) is 4.74 Å². The zero-order valence-corrected chi connectivity index (χ0v) is 11.9. The molecule has 1 rings (SSSR count). The minimum absolute atomic E-state index is 0.571. The summed E-state index contributed by atoms with van der Waals surface area (Å²) in [5.41, 5.74) is 0. The van der Waals surface area contributed by atoms with Crippen molar-refractivity contribution >= 4 is 0 Å². The van der Waals surface area contributed by atoms with E-state index in [-0.39, 0.29) is 0 Å². The van der Waals surface area contributed by atoms with Gasteiger partial charge in [-0.15, -0.1) is 0 Å². The van der Waals surface area contributed by atoms with Crippen molar-refractivity contribution in [2.75, 3.05) is 39.8 Å². The zero-order chi connectivity index (χ0) is 12.5. The molecule has 1 fully saturated rings. The zero-order valence-electron chi connectivity index (χ0n) is 11.9. The molecule has 0 saturated heterocycles. The molecule has 0 aromatic heterocycles. The third-order valence-electron chi connectivity index (χ3n) is 3.61. The molecule has 0 atom stereocenters. The van der Waals surface area contributed by atoms with Crippen molar-refractivity contribution < 1.29 is 4.74 Å². The van der Waals surface area contributed by atoms with E-state index in [2.05, 4.69) is 31.1 Å². The Morgan fingerprint density at radius 2 is 1.94 bits per heavy atom. The molecule has 1 saturated carbocycles. The molecule has 0 heterocycles. The number of likely N-dealkylation sites (N-methyl/N-ethyl adjacent to an activating group) is 1. The second kappa shape index (κ2) is 8.90. The van der Waals surface area contributed by atoms with E-state index >= 15 is 0 Å². The van der Waals surface area contributed by atoms with E-state index in [0.29, 0.717) is 6.10 Å². The van der Waals surface area contributed by atoms with E-state index in [1.165, 1.54) is 38.8 Å². The molecule has 0 radical (unpaired) electrons. The Hall–Kier alpha value is -0.120. The first-order chi connectivity index (χ1) is 8.26. The van der Waals surface area contributed by atoms with Crippen molar-refractivity contribution in [1.29, 1.82) is 0 Å². The fraction of sp³-hybridized carbons (Fsp3) is 1.00. The van der Waals surface area contributed by atoms with Crippen LogP contribution in [0.3, 0.4) is 0 Å². The van der Waals surface area contributed by atoms with Crippen LogP contribution in [0.4, 0.5) is 0 Å². The maximum absolute atomic E-state index is 5.58. The molecule has 0 aliphatic heterocycles. The van der Waals surface area contributed by atoms with Crippen LogP contribution >= 0.6 is 0 Å². The van der Waals surface area contributed by atoms with Crippen LogP contribution < -0.4 is 5.32 Å². The van der Waals surface area contributed by atoms with E-state index in [0.717, 1.165) is 25.6 Å². The number of rotatable bonds is 10. The quantitative estimate of drug-likeness (QED) is 0.594. The van der Waals surface area contributed by atoms with Gasteiger partial charge in [0.1, 0.15) is 0 Å². The van der Waals surface area contributed by atoms with Crippen LogP contribution in [0, 0.1) is 5.92 Å². The molecule has 0 aromatic rings. The monoisotopic (exact) mass is 242 g/mol. The Balaban J connectivity index is 1.89. The minimum atomic E-state index is 0.571. The first-order valence-corrected chi connectivity index (χ1v) is 7.27. The summed E-state index contributed by atoms with van der Waals surface area (Å²) in [6.07, 6.45) is 5.71. The van der Waals surface area contributed by atoms with Crippen molar-refractivity contribution in [3.05, 3.63) is 0 Å². The Labute approximate surface area is 107 Å². The van der Waals surface area contributed by atoms with E-state index in [4.69, 9.17) is 4.74 Å². The van der Waals surface area contributed by atoms with Crippen molar-refractivity contribution in [1.82, 2.24) is 10.2 Å². The fourth-order valence-electron chi connectivity index (χ4n) is 2.37. The fourth-order valence-corrected chi connectivity index (χ4v) is 2.37. The molecular weight excluding hydrogens is 212 g/mol. The van der Waals surface area contributed by atoms with Gasteiger partial charge in [0.25, 0.3) is 0 Å². The predicted molar refractivity (Wildman–Crippen MR) is 73.4 cm³/mol. The standard InChI is InChI=1S/C14H30N2O/c1-4-7-15-8-10-16(3)9-6-13-11-14(12-13)17-5-2/h13-15H,4-12H2,1-3H3. The second-order valence-electron chi connectivity index (χ2n) is 5.26. The molecule has 1 aliphatic rings. The topological polar surface area (TPSA) is 24.5 Å². The van der Waals surface area contributed by atoms with Crippen LogP contribution in [0.15, 0.2) is 0 Å². The van der Waals surface area contributed by atoms with Crippen molar-refractivity contribution in [2.45, 2.75) is 45.6 Å². The largest absolute Gasteiger partial charge is 0.378 e. The Morgan fingerprint density at radius 3 is 2.59 bits per heavy atom. The maximum atomic E-state index is 5.58. The second-order valence-corrected chi connectivity index (χ2v) is 5.26. The highest BCUT2D eigenvalue weighted by atomic mass is 16.5. The molecule has 0 unspecified atom stereocenters. The first-order valence-electron chi connectivity index (χ1n) is 7.27. The molecule has 17 heavy (non-hydrogen) atoms. The van der Waals surface area contributed by atoms with Gasteiger partial charge in [-0.3, -0.25) is 0 Å². The molecule has 0 amide bonds. The SMILES string of the molecule is CCCNCCN(C)CCC1CC(OCC)C1. The summed E-state index contributed by atoms with van der Waals surface area (Å²) in [5.74, 6) is 0.914. The average molecular weight is 242 g/mol. The molecule has 1 N–H and O–H groups in total. The number of ether oxygens (including phenoxy) is 1. The lowest BCUT2D eigenvalue weighted by molar-refractivity contribution is -0.0282. The van der Waals surface area contributed by atoms with Gasteiger partial charge in [0, 0.05) is 19.7 Å². The van der Waals surface area contributed by atoms with Gasteiger partial charge in [0.2, 0.25) is 0 Å². The Kier molecular flexibility index (Phi) is 7.82. The number of hydrogen-bond acceptors (Lipinski definition) is 3. The highest BCUT2D eigenvalue weighted by Crippen LogP contribution is 2.32. The lowest BCUT2D eigenvalue weighted by atomic mass is 9.80. The van der Waals surface area contributed by atoms with Gasteiger partial charge in [-0.2, -0.15) is 0 Å². The van der Waals surface area contributed by atoms with Gasteiger partial charge in [0.05, 0.1) is 6.10 Å². The molecular formula is C14H30N2O. The molecule has 102 valence electrons. The summed E-state index contributed by atoms with van der Waals surface area (Å²) in [6.45, 7) is 9.84. The van der Waals surface area contributed by atoms with Gasteiger partial charge < -0.3 is 15.0 Å². The number of nitrogens with one attached hydrogen (secondary N) is 1. The van der Waals surface area contributed by atoms with E-state index in [9.17, 15) is 0 Å². The summed E-state index contributed by atoms with van der Waals surface area (Å²) >= 11 is 0. The van der Waals surface area contributed by atoms with E-state index in [1.54, 1.807) is 0 Å². The van der Waals surface area contributed by atoms with Gasteiger partial charge in [0.15, 0.2) is 0 Å². The number of nitrogens with zero attached hydrogens (tertiary/aromatic N) is 1. The maximum Gasteiger partial charge on any atom is 0.0580 e. The Bertz CT molecular complexity index is 181. The van der Waals surface area contributed by atoms with Crippen LogP contribution in [0.5, 0.6) is 0 Å². The minimum Gasteiger partial charge on any atom is -0.378 e. The van der Waals surface area contributed by atoms with Gasteiger partial charge in [-0.1, -0.05) is 6.92 Å². The normalized spacial score (nSPS) is 24.0. The lowest BCUT2D eigenvalue weighted by Gasteiger charge is -2.35. The third kappa shape index (κ3) is 6.39. The van der Waals surface area contributed by atoms with E-state index in [1.807, 2.05) is 0 Å². The third-order valence-corrected chi connectivity index (χ3v) is 3.61. The van der Waals surface area contributed by atoms with Crippen molar-refractivity contribution in [2.24, 2.45) is 5.92 Å². The molecule has 0 bridgehead atoms. The summed E-state index contributed by atoms with van der Waals surface area (Å²) in [7, 11) is 2.23. The van der Waals surface area contributed by atoms with Gasteiger partial charge >= 0.3 is 0 Å². The highest BCUT2D eigenvalue weighted by Gasteiger charge is 2.28.